The molecule has 4 aliphatic rings. The zero-order valence-corrected chi connectivity index (χ0v) is 17.6. The maximum Gasteiger partial charge on any atom is 0.332 e. The first kappa shape index (κ1) is 20.8. The van der Waals surface area contributed by atoms with Crippen molar-refractivity contribution in [2.75, 3.05) is 0 Å². The Balaban J connectivity index is 1.79. The maximum atomic E-state index is 11.9. The largest absolute Gasteiger partial charge is 0.429 e. The van der Waals surface area contributed by atoms with Crippen LogP contribution >= 0.6 is 0 Å². The van der Waals surface area contributed by atoms with Crippen LogP contribution in [0.3, 0.4) is 0 Å². The minimum absolute atomic E-state index is 0.163. The molecule has 0 unspecified atom stereocenters. The lowest BCUT2D eigenvalue weighted by Crippen LogP contribution is -2.59. The van der Waals surface area contributed by atoms with E-state index in [0.29, 0.717) is 12.8 Å². The van der Waals surface area contributed by atoms with E-state index in [0.717, 1.165) is 36.5 Å². The van der Waals surface area contributed by atoms with Crippen molar-refractivity contribution in [1.29, 1.82) is 0 Å². The third-order valence-electron chi connectivity index (χ3n) is 7.64. The molecule has 1 saturated carbocycles. The number of ether oxygens (including phenoxy) is 3. The highest BCUT2D eigenvalue weighted by Gasteiger charge is 2.94. The van der Waals surface area contributed by atoms with Gasteiger partial charge in [-0.3, -0.25) is 0 Å². The molecule has 0 radical (unpaired) electrons. The Morgan fingerprint density at radius 1 is 1.38 bits per heavy atom. The van der Waals surface area contributed by atoms with Gasteiger partial charge in [0.2, 0.25) is 12.1 Å². The summed E-state index contributed by atoms with van der Waals surface area (Å²) in [5.41, 5.74) is -0.433. The SMILES string of the molecule is C=CC(=O)O[C@H]1O[C@]2(O)C/C(C)=C/[C@H](O)CC(=C)CC[C@@H]3CC[C@@]14O[C@@]24C3(C)C. The van der Waals surface area contributed by atoms with Gasteiger partial charge in [0.1, 0.15) is 0 Å². The van der Waals surface area contributed by atoms with E-state index in [9.17, 15) is 15.0 Å². The molecule has 2 saturated heterocycles. The van der Waals surface area contributed by atoms with Crippen molar-refractivity contribution in [3.63, 3.8) is 0 Å². The highest BCUT2D eigenvalue weighted by atomic mass is 16.8. The number of epoxide rings is 1. The molecule has 6 nitrogen and oxygen atoms in total. The maximum absolute atomic E-state index is 11.9. The summed E-state index contributed by atoms with van der Waals surface area (Å²) in [6.07, 6.45) is 5.10. The van der Waals surface area contributed by atoms with Gasteiger partial charge in [0, 0.05) is 17.9 Å². The summed E-state index contributed by atoms with van der Waals surface area (Å²) in [6, 6.07) is 0. The number of hydrogen-bond donors (Lipinski definition) is 2. The average Bonchev–Trinajstić information content (AvgIpc) is 3.28. The van der Waals surface area contributed by atoms with Gasteiger partial charge in [0.25, 0.3) is 0 Å². The van der Waals surface area contributed by atoms with Gasteiger partial charge >= 0.3 is 5.97 Å². The molecule has 6 heteroatoms. The topological polar surface area (TPSA) is 88.5 Å². The number of esters is 1. The van der Waals surface area contributed by atoms with E-state index in [1.165, 1.54) is 0 Å². The average molecular weight is 405 g/mol. The molecule has 6 atom stereocenters. The first-order valence-corrected chi connectivity index (χ1v) is 10.5. The van der Waals surface area contributed by atoms with Crippen LogP contribution in [0.1, 0.15) is 59.3 Å². The van der Waals surface area contributed by atoms with Crippen LogP contribution in [0.5, 0.6) is 0 Å². The third kappa shape index (κ3) is 2.73. The van der Waals surface area contributed by atoms with E-state index in [-0.39, 0.29) is 12.3 Å². The van der Waals surface area contributed by atoms with E-state index in [2.05, 4.69) is 27.0 Å². The highest BCUT2D eigenvalue weighted by molar-refractivity contribution is 5.81. The highest BCUT2D eigenvalue weighted by Crippen LogP contribution is 2.77. The molecule has 160 valence electrons. The Morgan fingerprint density at radius 3 is 2.79 bits per heavy atom. The van der Waals surface area contributed by atoms with Crippen LogP contribution in [-0.4, -0.2) is 45.6 Å². The van der Waals surface area contributed by atoms with E-state index in [1.54, 1.807) is 6.08 Å². The zero-order valence-electron chi connectivity index (χ0n) is 17.6. The molecule has 29 heavy (non-hydrogen) atoms. The first-order valence-electron chi connectivity index (χ1n) is 10.5. The Hall–Kier alpha value is -1.47. The van der Waals surface area contributed by atoms with Crippen molar-refractivity contribution in [2.45, 2.75) is 88.7 Å². The second-order valence-corrected chi connectivity index (χ2v) is 9.76. The van der Waals surface area contributed by atoms with Crippen LogP contribution < -0.4 is 0 Å². The van der Waals surface area contributed by atoms with Gasteiger partial charge in [-0.15, -0.1) is 0 Å². The van der Waals surface area contributed by atoms with Gasteiger partial charge in [-0.1, -0.05) is 44.2 Å². The second-order valence-electron chi connectivity index (χ2n) is 9.76. The molecular formula is C23H32O6. The second kappa shape index (κ2) is 6.51. The number of aliphatic hydroxyl groups excluding tert-OH is 1. The fourth-order valence-corrected chi connectivity index (χ4v) is 6.33. The molecule has 0 aromatic carbocycles. The fourth-order valence-electron chi connectivity index (χ4n) is 6.33. The number of fused-ring (bicyclic) bond motifs is 1. The van der Waals surface area contributed by atoms with Crippen molar-refractivity contribution in [2.24, 2.45) is 11.3 Å². The van der Waals surface area contributed by atoms with Crippen LogP contribution in [0.25, 0.3) is 0 Å². The lowest BCUT2D eigenvalue weighted by Gasteiger charge is -2.47. The lowest BCUT2D eigenvalue weighted by atomic mass is 9.54. The summed E-state index contributed by atoms with van der Waals surface area (Å²) in [7, 11) is 0. The first-order chi connectivity index (χ1) is 13.5. The van der Waals surface area contributed by atoms with Gasteiger partial charge in [0.15, 0.2) is 11.2 Å². The quantitative estimate of drug-likeness (QED) is 0.318. The molecule has 3 fully saturated rings. The smallest absolute Gasteiger partial charge is 0.332 e. The molecule has 4 rings (SSSR count). The summed E-state index contributed by atoms with van der Waals surface area (Å²) in [4.78, 5) is 11.9. The molecule has 0 aromatic heterocycles. The minimum Gasteiger partial charge on any atom is -0.429 e. The van der Waals surface area contributed by atoms with E-state index in [4.69, 9.17) is 14.2 Å². The van der Waals surface area contributed by atoms with E-state index < -0.39 is 40.8 Å². The molecular weight excluding hydrogens is 372 g/mol. The van der Waals surface area contributed by atoms with Crippen LogP contribution in [0.15, 0.2) is 36.5 Å². The molecule has 2 N–H and O–H groups in total. The van der Waals surface area contributed by atoms with Gasteiger partial charge in [-0.2, -0.15) is 0 Å². The monoisotopic (exact) mass is 404 g/mol. The summed E-state index contributed by atoms with van der Waals surface area (Å²) >= 11 is 0. The van der Waals surface area contributed by atoms with Gasteiger partial charge in [0.05, 0.1) is 6.10 Å². The molecule has 0 amide bonds. The predicted molar refractivity (Wildman–Crippen MR) is 107 cm³/mol. The fraction of sp³-hybridized carbons (Fsp3) is 0.696. The summed E-state index contributed by atoms with van der Waals surface area (Å²) < 4.78 is 18.0. The van der Waals surface area contributed by atoms with Crippen molar-refractivity contribution in [1.82, 2.24) is 0 Å². The normalized spacial score (nSPS) is 47.7. The molecule has 2 heterocycles. The van der Waals surface area contributed by atoms with Crippen molar-refractivity contribution < 1.29 is 29.2 Å². The van der Waals surface area contributed by atoms with Crippen LogP contribution in [0, 0.1) is 11.3 Å². The Labute approximate surface area is 172 Å². The van der Waals surface area contributed by atoms with Crippen LogP contribution in [0.2, 0.25) is 0 Å². The summed E-state index contributed by atoms with van der Waals surface area (Å²) in [5.74, 6) is -1.98. The molecule has 2 aliphatic heterocycles. The summed E-state index contributed by atoms with van der Waals surface area (Å²) in [5, 5.41) is 22.2. The Morgan fingerprint density at radius 2 is 2.10 bits per heavy atom. The minimum atomic E-state index is -1.65. The Bertz CT molecular complexity index is 784. The Kier molecular flexibility index (Phi) is 4.67. The zero-order chi connectivity index (χ0) is 21.2. The number of hydrogen-bond acceptors (Lipinski definition) is 6. The van der Waals surface area contributed by atoms with Gasteiger partial charge in [-0.25, -0.2) is 4.79 Å². The third-order valence-corrected chi connectivity index (χ3v) is 7.64. The lowest BCUT2D eigenvalue weighted by molar-refractivity contribution is -0.309. The molecule has 2 aliphatic carbocycles. The van der Waals surface area contributed by atoms with Crippen molar-refractivity contribution >= 4 is 5.97 Å². The van der Waals surface area contributed by atoms with Gasteiger partial charge < -0.3 is 24.4 Å². The molecule has 1 spiro atoms. The van der Waals surface area contributed by atoms with E-state index in [1.807, 2.05) is 6.92 Å². The van der Waals surface area contributed by atoms with E-state index >= 15 is 0 Å². The number of carbonyl (C=O) groups excluding carboxylic acids is 1. The number of rotatable bonds is 2. The van der Waals surface area contributed by atoms with Crippen LogP contribution in [0.4, 0.5) is 0 Å². The van der Waals surface area contributed by atoms with Crippen molar-refractivity contribution in [3.05, 3.63) is 36.5 Å². The van der Waals surface area contributed by atoms with Gasteiger partial charge in [-0.05, 0) is 44.9 Å². The molecule has 0 aromatic rings. The predicted octanol–water partition coefficient (Wildman–Crippen LogP) is 3.14. The number of carbonyl (C=O) groups is 1. The van der Waals surface area contributed by atoms with Crippen molar-refractivity contribution in [3.8, 4) is 0 Å². The van der Waals surface area contributed by atoms with Crippen LogP contribution in [-0.2, 0) is 19.0 Å². The summed E-state index contributed by atoms with van der Waals surface area (Å²) in [6.45, 7) is 13.7. The molecule has 2 bridgehead atoms. The standard InChI is InChI=1S/C23H32O6/c1-6-18(25)27-19-21-10-9-16-8-7-14(2)11-17(24)12-15(3)13-22(26,28-19)23(21,29-21)20(16,4)5/h6,12,16-17,19,24,26H,1-2,7-11,13H2,3-5H3/b15-12+/t16-,17-,19+,21-,22-,23-/m1/s1. The number of aliphatic hydroxyl groups is 2.